The standard InChI is InChI=1S/C8H9ClFN.ClH/c9-7-2-1-6(3-4-11)8(10)5-7;/h1-2,5H,3-4,11H2;1H. The van der Waals surface area contributed by atoms with Crippen LogP contribution in [0.5, 0.6) is 0 Å². The van der Waals surface area contributed by atoms with Crippen molar-refractivity contribution in [2.75, 3.05) is 6.54 Å². The fourth-order valence-corrected chi connectivity index (χ4v) is 1.04. The summed E-state index contributed by atoms with van der Waals surface area (Å²) in [5.41, 5.74) is 5.89. The monoisotopic (exact) mass is 209 g/mol. The van der Waals surface area contributed by atoms with Gasteiger partial charge in [-0.15, -0.1) is 12.4 Å². The Morgan fingerprint density at radius 3 is 2.58 bits per heavy atom. The molecule has 0 bridgehead atoms. The van der Waals surface area contributed by atoms with Gasteiger partial charge in [-0.1, -0.05) is 17.7 Å². The molecule has 1 nitrogen and oxygen atoms in total. The van der Waals surface area contributed by atoms with E-state index >= 15 is 0 Å². The lowest BCUT2D eigenvalue weighted by Crippen LogP contribution is -2.04. The highest BCUT2D eigenvalue weighted by Crippen LogP contribution is 2.14. The average molecular weight is 210 g/mol. The van der Waals surface area contributed by atoms with Gasteiger partial charge in [0.05, 0.1) is 0 Å². The predicted octanol–water partition coefficient (Wildman–Crippen LogP) is 2.40. The van der Waals surface area contributed by atoms with Gasteiger partial charge in [0, 0.05) is 5.02 Å². The van der Waals surface area contributed by atoms with Gasteiger partial charge in [-0.3, -0.25) is 0 Å². The fraction of sp³-hybridized carbons (Fsp3) is 0.250. The molecule has 12 heavy (non-hydrogen) atoms. The summed E-state index contributed by atoms with van der Waals surface area (Å²) < 4.78 is 12.9. The first-order valence-corrected chi connectivity index (χ1v) is 3.76. The minimum atomic E-state index is -0.275. The summed E-state index contributed by atoms with van der Waals surface area (Å²) in [7, 11) is 0. The zero-order chi connectivity index (χ0) is 8.27. The molecule has 0 spiro atoms. The van der Waals surface area contributed by atoms with Crippen LogP contribution in [0, 0.1) is 5.82 Å². The first kappa shape index (κ1) is 11.7. The van der Waals surface area contributed by atoms with E-state index in [0.717, 1.165) is 0 Å². The number of hydrogen-bond acceptors (Lipinski definition) is 1. The largest absolute Gasteiger partial charge is 0.330 e. The van der Waals surface area contributed by atoms with E-state index < -0.39 is 0 Å². The predicted molar refractivity (Wildman–Crippen MR) is 51.4 cm³/mol. The third kappa shape index (κ3) is 2.97. The van der Waals surface area contributed by atoms with Crippen LogP contribution in [-0.2, 0) is 6.42 Å². The SMILES string of the molecule is Cl.NCCc1ccc(Cl)cc1F. The van der Waals surface area contributed by atoms with E-state index in [2.05, 4.69) is 0 Å². The normalized spacial score (nSPS) is 9.25. The molecule has 1 rings (SSSR count). The Bertz CT molecular complexity index is 253. The molecule has 0 aromatic heterocycles. The molecule has 1 aromatic carbocycles. The van der Waals surface area contributed by atoms with Crippen molar-refractivity contribution in [3.8, 4) is 0 Å². The van der Waals surface area contributed by atoms with E-state index in [1.54, 1.807) is 12.1 Å². The first-order valence-electron chi connectivity index (χ1n) is 3.38. The molecule has 0 atom stereocenters. The van der Waals surface area contributed by atoms with Crippen LogP contribution in [0.4, 0.5) is 4.39 Å². The van der Waals surface area contributed by atoms with Crippen LogP contribution in [0.15, 0.2) is 18.2 Å². The first-order chi connectivity index (χ1) is 5.24. The second kappa shape index (κ2) is 5.36. The van der Waals surface area contributed by atoms with Crippen LogP contribution in [0.25, 0.3) is 0 Å². The number of benzene rings is 1. The Balaban J connectivity index is 0.00000121. The molecule has 0 saturated carbocycles. The van der Waals surface area contributed by atoms with Crippen LogP contribution in [0.2, 0.25) is 5.02 Å². The molecule has 0 radical (unpaired) electrons. The van der Waals surface area contributed by atoms with E-state index in [1.807, 2.05) is 0 Å². The van der Waals surface area contributed by atoms with Gasteiger partial charge in [0.25, 0.3) is 0 Å². The van der Waals surface area contributed by atoms with Gasteiger partial charge in [-0.2, -0.15) is 0 Å². The minimum absolute atomic E-state index is 0. The summed E-state index contributed by atoms with van der Waals surface area (Å²) >= 11 is 5.55. The van der Waals surface area contributed by atoms with Gasteiger partial charge in [0.2, 0.25) is 0 Å². The third-order valence-electron chi connectivity index (χ3n) is 1.43. The van der Waals surface area contributed by atoms with Crippen molar-refractivity contribution in [1.29, 1.82) is 0 Å². The maximum Gasteiger partial charge on any atom is 0.127 e. The summed E-state index contributed by atoms with van der Waals surface area (Å²) in [4.78, 5) is 0. The topological polar surface area (TPSA) is 26.0 Å². The van der Waals surface area contributed by atoms with E-state index in [-0.39, 0.29) is 18.2 Å². The number of hydrogen-bond donors (Lipinski definition) is 1. The third-order valence-corrected chi connectivity index (χ3v) is 1.66. The maximum atomic E-state index is 12.9. The molecule has 4 heteroatoms. The highest BCUT2D eigenvalue weighted by molar-refractivity contribution is 6.30. The van der Waals surface area contributed by atoms with Crippen molar-refractivity contribution in [3.05, 3.63) is 34.6 Å². The molecule has 0 unspecified atom stereocenters. The van der Waals surface area contributed by atoms with Crippen LogP contribution >= 0.6 is 24.0 Å². The highest BCUT2D eigenvalue weighted by Gasteiger charge is 2.00. The zero-order valence-corrected chi connectivity index (χ0v) is 7.96. The van der Waals surface area contributed by atoms with Gasteiger partial charge in [-0.25, -0.2) is 4.39 Å². The Morgan fingerprint density at radius 1 is 1.42 bits per heavy atom. The molecule has 0 aliphatic heterocycles. The second-order valence-electron chi connectivity index (χ2n) is 2.27. The van der Waals surface area contributed by atoms with Gasteiger partial charge < -0.3 is 5.73 Å². The quantitative estimate of drug-likeness (QED) is 0.796. The number of rotatable bonds is 2. The lowest BCUT2D eigenvalue weighted by atomic mass is 10.1. The number of nitrogens with two attached hydrogens (primary N) is 1. The van der Waals surface area contributed by atoms with Crippen molar-refractivity contribution in [1.82, 2.24) is 0 Å². The maximum absolute atomic E-state index is 12.9. The molecular formula is C8H10Cl2FN. The van der Waals surface area contributed by atoms with Crippen molar-refractivity contribution in [2.45, 2.75) is 6.42 Å². The molecule has 0 heterocycles. The summed E-state index contributed by atoms with van der Waals surface area (Å²) in [6, 6.07) is 4.62. The van der Waals surface area contributed by atoms with E-state index in [0.29, 0.717) is 23.6 Å². The van der Waals surface area contributed by atoms with Crippen LogP contribution in [-0.4, -0.2) is 6.54 Å². The van der Waals surface area contributed by atoms with Gasteiger partial charge in [0.15, 0.2) is 0 Å². The lowest BCUT2D eigenvalue weighted by molar-refractivity contribution is 0.609. The zero-order valence-electron chi connectivity index (χ0n) is 6.39. The fourth-order valence-electron chi connectivity index (χ4n) is 0.880. The molecule has 0 aliphatic carbocycles. The van der Waals surface area contributed by atoms with Crippen molar-refractivity contribution in [2.24, 2.45) is 5.73 Å². The molecular weight excluding hydrogens is 200 g/mol. The van der Waals surface area contributed by atoms with E-state index in [9.17, 15) is 4.39 Å². The highest BCUT2D eigenvalue weighted by atomic mass is 35.5. The summed E-state index contributed by atoms with van der Waals surface area (Å²) in [5.74, 6) is -0.275. The molecule has 0 saturated heterocycles. The Hall–Kier alpha value is -0.310. The van der Waals surface area contributed by atoms with Crippen molar-refractivity contribution in [3.63, 3.8) is 0 Å². The van der Waals surface area contributed by atoms with Crippen LogP contribution in [0.3, 0.4) is 0 Å². The van der Waals surface area contributed by atoms with Crippen LogP contribution < -0.4 is 5.73 Å². The van der Waals surface area contributed by atoms with E-state index in [4.69, 9.17) is 17.3 Å². The number of halogens is 3. The summed E-state index contributed by atoms with van der Waals surface area (Å²) in [5, 5.41) is 0.420. The summed E-state index contributed by atoms with van der Waals surface area (Å²) in [6.07, 6.45) is 0.559. The Kier molecular flexibility index (Phi) is 5.22. The van der Waals surface area contributed by atoms with E-state index in [1.165, 1.54) is 6.07 Å². The molecule has 0 aliphatic rings. The van der Waals surface area contributed by atoms with Crippen LogP contribution in [0.1, 0.15) is 5.56 Å². The van der Waals surface area contributed by atoms with Gasteiger partial charge >= 0.3 is 0 Å². The summed E-state index contributed by atoms with van der Waals surface area (Å²) in [6.45, 7) is 0.457. The van der Waals surface area contributed by atoms with Gasteiger partial charge in [0.1, 0.15) is 5.82 Å². The Morgan fingerprint density at radius 2 is 2.08 bits per heavy atom. The molecule has 68 valence electrons. The molecule has 1 aromatic rings. The van der Waals surface area contributed by atoms with Crippen molar-refractivity contribution < 1.29 is 4.39 Å². The minimum Gasteiger partial charge on any atom is -0.330 e. The lowest BCUT2D eigenvalue weighted by Gasteiger charge is -1.99. The average Bonchev–Trinajstić information content (AvgIpc) is 1.95. The second-order valence-corrected chi connectivity index (χ2v) is 2.71. The molecule has 0 fully saturated rings. The molecule has 2 N–H and O–H groups in total. The molecule has 0 amide bonds. The smallest absolute Gasteiger partial charge is 0.127 e. The Labute approximate surface area is 82.1 Å². The van der Waals surface area contributed by atoms with Crippen molar-refractivity contribution >= 4 is 24.0 Å². The van der Waals surface area contributed by atoms with Gasteiger partial charge in [-0.05, 0) is 30.7 Å².